The summed E-state index contributed by atoms with van der Waals surface area (Å²) in [5, 5.41) is 2.51. The largest absolute Gasteiger partial charge is 1.00 e. The fraction of sp³-hybridized carbons (Fsp3) is 0. The van der Waals surface area contributed by atoms with Gasteiger partial charge >= 0.3 is 29.6 Å². The van der Waals surface area contributed by atoms with Gasteiger partial charge in [0.25, 0.3) is 0 Å². The second-order valence-corrected chi connectivity index (χ2v) is 11.6. The minimum absolute atomic E-state index is 0. The third kappa shape index (κ3) is 4.22. The second-order valence-electron chi connectivity index (χ2n) is 10.3. The molecule has 2 aliphatic rings. The molecule has 0 unspecified atom stereocenters. The van der Waals surface area contributed by atoms with Crippen LogP contribution in [-0.4, -0.2) is 51.8 Å². The molecule has 11 nitrogen and oxygen atoms in total. The van der Waals surface area contributed by atoms with Crippen molar-refractivity contribution in [2.24, 2.45) is 0 Å². The molecule has 45 heavy (non-hydrogen) atoms. The van der Waals surface area contributed by atoms with Crippen LogP contribution in [0.1, 0.15) is 0 Å². The first-order valence-corrected chi connectivity index (χ1v) is 15.0. The van der Waals surface area contributed by atoms with Crippen molar-refractivity contribution in [1.29, 1.82) is 0 Å². The van der Waals surface area contributed by atoms with Crippen LogP contribution in [0.25, 0.3) is 89.7 Å². The smallest absolute Gasteiger partial charge is 0.730 e. The summed E-state index contributed by atoms with van der Waals surface area (Å²) in [5.41, 5.74) is 3.57. The Morgan fingerprint density at radius 1 is 0.489 bits per heavy atom. The third-order valence-corrected chi connectivity index (χ3v) is 8.58. The van der Waals surface area contributed by atoms with Crippen molar-refractivity contribution in [2.75, 3.05) is 0 Å². The molecule has 3 aromatic heterocycles. The summed E-state index contributed by atoms with van der Waals surface area (Å²) >= 11 is 0. The van der Waals surface area contributed by atoms with Crippen molar-refractivity contribution in [3.63, 3.8) is 0 Å². The van der Waals surface area contributed by atoms with Gasteiger partial charge in [-0.1, -0.05) is 97.1 Å². The van der Waals surface area contributed by atoms with Gasteiger partial charge in [-0.25, -0.2) is 42.3 Å². The quantitative estimate of drug-likeness (QED) is 0.216. The van der Waals surface area contributed by atoms with Crippen LogP contribution in [0, 0.1) is 0 Å². The van der Waals surface area contributed by atoms with Gasteiger partial charge in [-0.15, -0.1) is 0 Å². The van der Waals surface area contributed by atoms with Gasteiger partial charge in [0.2, 0.25) is 0 Å². The summed E-state index contributed by atoms with van der Waals surface area (Å²) in [6.45, 7) is 0. The fourth-order valence-electron chi connectivity index (χ4n) is 5.88. The van der Waals surface area contributed by atoms with E-state index in [0.29, 0.717) is 59.9 Å². The molecule has 13 heteroatoms. The molecule has 5 heterocycles. The summed E-state index contributed by atoms with van der Waals surface area (Å²) in [6, 6.07) is 29.4. The first-order valence-electron chi connectivity index (χ1n) is 13.6. The van der Waals surface area contributed by atoms with E-state index in [0.717, 1.165) is 10.8 Å². The van der Waals surface area contributed by atoms with Crippen LogP contribution in [0.4, 0.5) is 0 Å². The Morgan fingerprint density at radius 2 is 0.822 bits per heavy atom. The van der Waals surface area contributed by atoms with E-state index in [2.05, 4.69) is 4.98 Å². The van der Waals surface area contributed by atoms with Crippen molar-refractivity contribution in [1.82, 2.24) is 38.9 Å². The van der Waals surface area contributed by atoms with Gasteiger partial charge in [0.05, 0.1) is 0 Å². The maximum absolute atomic E-state index is 12.9. The Labute approximate surface area is 276 Å². The predicted octanol–water partition coefficient (Wildman–Crippen LogP) is 2.65. The van der Waals surface area contributed by atoms with Crippen LogP contribution in [0.2, 0.25) is 0 Å². The van der Waals surface area contributed by atoms with Crippen molar-refractivity contribution in [3.8, 4) is 45.6 Å². The van der Waals surface area contributed by atoms with Gasteiger partial charge in [0.1, 0.15) is 11.3 Å². The standard InChI is InChI=1S/C32H18N8O3S.Na/c41-44(42,43)40-31-23-15-7-8-16-24(23)32(40)39-30-22-14-6-4-12-20(22)28(37-30)35-26-18-10-2-1-9-17(18)25(33-26)34-27-19-11-3-5-13-21(19)29(36-27)38-31;/h1-16H,(H,41,42,43)(H,33,34,35,36,37,38,39);/q;+1/p-1. The van der Waals surface area contributed by atoms with E-state index in [9.17, 15) is 13.0 Å². The molecule has 9 rings (SSSR count). The summed E-state index contributed by atoms with van der Waals surface area (Å²) in [7, 11) is -5.15. The average molecular weight is 617 g/mol. The molecule has 2 aliphatic heterocycles. The summed E-state index contributed by atoms with van der Waals surface area (Å²) in [6.07, 6.45) is 0. The van der Waals surface area contributed by atoms with E-state index in [-0.39, 0.29) is 52.5 Å². The van der Waals surface area contributed by atoms with Crippen molar-refractivity contribution >= 4 is 54.4 Å². The molecule has 1 N–H and O–H groups in total. The van der Waals surface area contributed by atoms with Crippen LogP contribution < -0.4 is 29.6 Å². The number of fused-ring (bicyclic) bond motifs is 20. The maximum Gasteiger partial charge on any atom is 1.00 e. The summed E-state index contributed by atoms with van der Waals surface area (Å²) < 4.78 is 39.5. The van der Waals surface area contributed by atoms with Crippen molar-refractivity contribution < 1.29 is 42.5 Å². The van der Waals surface area contributed by atoms with E-state index in [1.165, 1.54) is 0 Å². The summed E-state index contributed by atoms with van der Waals surface area (Å²) in [5.74, 6) is 1.18. The molecule has 0 spiro atoms. The van der Waals surface area contributed by atoms with Gasteiger partial charge in [-0.05, 0) is 0 Å². The molecule has 0 radical (unpaired) electrons. The van der Waals surface area contributed by atoms with Crippen LogP contribution in [0.15, 0.2) is 97.1 Å². The predicted molar refractivity (Wildman–Crippen MR) is 165 cm³/mol. The molecule has 0 saturated carbocycles. The number of aromatic amines is 1. The number of hydrogen-bond donors (Lipinski definition) is 1. The van der Waals surface area contributed by atoms with Crippen molar-refractivity contribution in [2.45, 2.75) is 0 Å². The topological polar surface area (TPSA) is 155 Å². The van der Waals surface area contributed by atoms with Crippen LogP contribution in [0.3, 0.4) is 0 Å². The number of rotatable bonds is 1. The van der Waals surface area contributed by atoms with Crippen LogP contribution >= 0.6 is 0 Å². The molecule has 0 aliphatic carbocycles. The number of hydrogen-bond acceptors (Lipinski definition) is 9. The van der Waals surface area contributed by atoms with E-state index >= 15 is 0 Å². The normalized spacial score (nSPS) is 12.1. The molecular weight excluding hydrogens is 599 g/mol. The molecule has 8 bridgehead atoms. The van der Waals surface area contributed by atoms with Gasteiger partial charge < -0.3 is 9.54 Å². The number of nitrogens with zero attached hydrogens (tertiary/aromatic N) is 7. The van der Waals surface area contributed by atoms with E-state index < -0.39 is 10.3 Å². The molecular formula is C32H17N8NaO3S. The molecule has 7 aromatic rings. The minimum atomic E-state index is -5.15. The number of aromatic nitrogens is 8. The summed E-state index contributed by atoms with van der Waals surface area (Å²) in [4.78, 5) is 32.1. The van der Waals surface area contributed by atoms with Gasteiger partial charge in [-0.2, -0.15) is 0 Å². The molecule has 0 saturated heterocycles. The maximum atomic E-state index is 12.9. The number of benzene rings is 4. The molecule has 4 aromatic carbocycles. The van der Waals surface area contributed by atoms with Crippen molar-refractivity contribution in [3.05, 3.63) is 97.1 Å². The van der Waals surface area contributed by atoms with Gasteiger partial charge in [0, 0.05) is 43.8 Å². The first kappa shape index (κ1) is 27.7. The average Bonchev–Trinajstić information content (AvgIpc) is 3.75. The second kappa shape index (κ2) is 10.1. The number of nitrogens with one attached hydrogen (secondary N) is 1. The Balaban J connectivity index is 0.00000300. The van der Waals surface area contributed by atoms with Crippen LogP contribution in [-0.2, 0) is 10.3 Å². The van der Waals surface area contributed by atoms with E-state index in [1.807, 2.05) is 72.8 Å². The zero-order valence-corrected chi connectivity index (χ0v) is 26.3. The zero-order valence-electron chi connectivity index (χ0n) is 23.5. The first-order chi connectivity index (χ1) is 21.4. The van der Waals surface area contributed by atoms with E-state index in [4.69, 9.17) is 29.9 Å². The third-order valence-electron chi connectivity index (χ3n) is 7.79. The van der Waals surface area contributed by atoms with Gasteiger partial charge in [-0.3, -0.25) is 0 Å². The molecule has 0 amide bonds. The molecule has 0 fully saturated rings. The number of H-pyrrole nitrogens is 1. The minimum Gasteiger partial charge on any atom is -0.730 e. The Bertz CT molecular complexity index is 2510. The zero-order chi connectivity index (χ0) is 29.6. The van der Waals surface area contributed by atoms with E-state index in [1.54, 1.807) is 24.3 Å². The van der Waals surface area contributed by atoms with Gasteiger partial charge in [0.15, 0.2) is 44.9 Å². The Hall–Kier alpha value is -4.85. The van der Waals surface area contributed by atoms with Crippen LogP contribution in [0.5, 0.6) is 0 Å². The monoisotopic (exact) mass is 616 g/mol. The Kier molecular flexibility index (Phi) is 6.21. The fourth-order valence-corrected chi connectivity index (χ4v) is 6.58. The molecule has 210 valence electrons. The Morgan fingerprint density at radius 3 is 1.20 bits per heavy atom. The SMILES string of the molecule is O=S(=O)([O-])n1c2nc3nc(nc4[nH]c(nc5nc(nc1c1ccccc12)-c1ccccc1-5)c1ccccc41)-c1ccccc1-3.[Na+]. The molecule has 0 atom stereocenters.